The molecule has 0 heterocycles. The molecule has 2 aromatic carbocycles. The van der Waals surface area contributed by atoms with Gasteiger partial charge in [-0.05, 0) is 34.7 Å². The zero-order chi connectivity index (χ0) is 14.0. The topological polar surface area (TPSA) is 17.1 Å². The van der Waals surface area contributed by atoms with Crippen molar-refractivity contribution in [2.24, 2.45) is 0 Å². The first-order chi connectivity index (χ1) is 8.91. The lowest BCUT2D eigenvalue weighted by Crippen LogP contribution is -2.10. The van der Waals surface area contributed by atoms with Crippen molar-refractivity contribution in [2.75, 3.05) is 0 Å². The Morgan fingerprint density at radius 2 is 1.79 bits per heavy atom. The molecule has 0 atom stereocenters. The van der Waals surface area contributed by atoms with Crippen LogP contribution in [0.3, 0.4) is 0 Å². The predicted octanol–water partition coefficient (Wildman–Crippen LogP) is 4.60. The Hall–Kier alpha value is -1.96. The van der Waals surface area contributed by atoms with E-state index in [0.29, 0.717) is 11.1 Å². The minimum absolute atomic E-state index is 0.00869. The highest BCUT2D eigenvalue weighted by Crippen LogP contribution is 2.29. The van der Waals surface area contributed by atoms with Crippen LogP contribution in [0.25, 0.3) is 11.1 Å². The lowest BCUT2D eigenvalue weighted by molar-refractivity contribution is 0.112. The SMILES string of the molecule is CC(C)(C)c1cccc(-c2cc(C=O)ccc2F)c1. The predicted molar refractivity (Wildman–Crippen MR) is 75.9 cm³/mol. The number of hydrogen-bond donors (Lipinski definition) is 0. The molecular weight excluding hydrogens is 239 g/mol. The number of hydrogen-bond acceptors (Lipinski definition) is 1. The van der Waals surface area contributed by atoms with Crippen molar-refractivity contribution in [3.8, 4) is 11.1 Å². The summed E-state index contributed by atoms with van der Waals surface area (Å²) in [6, 6.07) is 12.2. The zero-order valence-electron chi connectivity index (χ0n) is 11.4. The fraction of sp³-hybridized carbons (Fsp3) is 0.235. The first-order valence-corrected chi connectivity index (χ1v) is 6.27. The third kappa shape index (κ3) is 2.90. The molecule has 0 amide bonds. The monoisotopic (exact) mass is 256 g/mol. The molecule has 0 radical (unpaired) electrons. The molecule has 2 aromatic rings. The Morgan fingerprint density at radius 1 is 1.05 bits per heavy atom. The summed E-state index contributed by atoms with van der Waals surface area (Å²) >= 11 is 0. The fourth-order valence-electron chi connectivity index (χ4n) is 1.99. The molecule has 0 saturated carbocycles. The van der Waals surface area contributed by atoms with Gasteiger partial charge in [0.2, 0.25) is 0 Å². The van der Waals surface area contributed by atoms with Gasteiger partial charge < -0.3 is 0 Å². The summed E-state index contributed by atoms with van der Waals surface area (Å²) < 4.78 is 13.9. The Bertz CT molecular complexity index is 609. The maximum Gasteiger partial charge on any atom is 0.150 e. The van der Waals surface area contributed by atoms with Crippen molar-refractivity contribution in [1.82, 2.24) is 0 Å². The van der Waals surface area contributed by atoms with E-state index >= 15 is 0 Å². The van der Waals surface area contributed by atoms with E-state index in [2.05, 4.69) is 20.8 Å². The van der Waals surface area contributed by atoms with E-state index in [9.17, 15) is 9.18 Å². The smallest absolute Gasteiger partial charge is 0.150 e. The van der Waals surface area contributed by atoms with E-state index in [1.165, 1.54) is 12.1 Å². The zero-order valence-corrected chi connectivity index (χ0v) is 11.4. The molecule has 0 bridgehead atoms. The van der Waals surface area contributed by atoms with Gasteiger partial charge in [0.1, 0.15) is 12.1 Å². The van der Waals surface area contributed by atoms with E-state index < -0.39 is 0 Å². The van der Waals surface area contributed by atoms with Crippen LogP contribution < -0.4 is 0 Å². The van der Waals surface area contributed by atoms with E-state index in [1.807, 2.05) is 24.3 Å². The van der Waals surface area contributed by atoms with Crippen molar-refractivity contribution < 1.29 is 9.18 Å². The van der Waals surface area contributed by atoms with Gasteiger partial charge in [-0.15, -0.1) is 0 Å². The molecule has 0 spiro atoms. The van der Waals surface area contributed by atoms with E-state index in [0.717, 1.165) is 17.4 Å². The average molecular weight is 256 g/mol. The summed E-state index contributed by atoms with van der Waals surface area (Å²) in [5.74, 6) is -0.309. The van der Waals surface area contributed by atoms with Gasteiger partial charge in [-0.1, -0.05) is 45.0 Å². The number of aldehydes is 1. The van der Waals surface area contributed by atoms with Crippen LogP contribution in [0.1, 0.15) is 36.7 Å². The third-order valence-electron chi connectivity index (χ3n) is 3.17. The van der Waals surface area contributed by atoms with Gasteiger partial charge in [0.05, 0.1) is 0 Å². The van der Waals surface area contributed by atoms with Crippen molar-refractivity contribution >= 4 is 6.29 Å². The van der Waals surface area contributed by atoms with Crippen molar-refractivity contribution in [1.29, 1.82) is 0 Å². The largest absolute Gasteiger partial charge is 0.298 e. The Balaban J connectivity index is 2.56. The summed E-state index contributed by atoms with van der Waals surface area (Å²) in [6.45, 7) is 6.35. The average Bonchev–Trinajstić information content (AvgIpc) is 2.38. The van der Waals surface area contributed by atoms with Gasteiger partial charge >= 0.3 is 0 Å². The van der Waals surface area contributed by atoms with Crippen LogP contribution in [0.15, 0.2) is 42.5 Å². The summed E-state index contributed by atoms with van der Waals surface area (Å²) in [5, 5.41) is 0. The summed E-state index contributed by atoms with van der Waals surface area (Å²) in [5.41, 5.74) is 2.90. The van der Waals surface area contributed by atoms with Crippen LogP contribution in [-0.2, 0) is 5.41 Å². The number of benzene rings is 2. The molecule has 0 aliphatic carbocycles. The molecule has 0 aliphatic rings. The molecule has 0 aromatic heterocycles. The molecular formula is C17H17FO. The second kappa shape index (κ2) is 4.96. The van der Waals surface area contributed by atoms with Crippen LogP contribution in [0.5, 0.6) is 0 Å². The molecule has 0 aliphatic heterocycles. The third-order valence-corrected chi connectivity index (χ3v) is 3.17. The molecule has 0 N–H and O–H groups in total. The van der Waals surface area contributed by atoms with E-state index in [1.54, 1.807) is 6.07 Å². The standard InChI is InChI=1S/C17H17FO/c1-17(2,3)14-6-4-5-13(10-14)15-9-12(11-19)7-8-16(15)18/h4-11H,1-3H3. The van der Waals surface area contributed by atoms with Crippen molar-refractivity contribution in [2.45, 2.75) is 26.2 Å². The number of rotatable bonds is 2. The van der Waals surface area contributed by atoms with Gasteiger partial charge in [-0.3, -0.25) is 4.79 Å². The van der Waals surface area contributed by atoms with Gasteiger partial charge in [0.15, 0.2) is 0 Å². The molecule has 19 heavy (non-hydrogen) atoms. The van der Waals surface area contributed by atoms with Crippen LogP contribution in [0, 0.1) is 5.82 Å². The first-order valence-electron chi connectivity index (χ1n) is 6.27. The van der Waals surface area contributed by atoms with Crippen molar-refractivity contribution in [3.63, 3.8) is 0 Å². The first kappa shape index (κ1) is 13.5. The Morgan fingerprint density at radius 3 is 2.42 bits per heavy atom. The van der Waals surface area contributed by atoms with Gasteiger partial charge in [0.25, 0.3) is 0 Å². The summed E-state index contributed by atoms with van der Waals surface area (Å²) in [6.07, 6.45) is 0.733. The Labute approximate surface area is 113 Å². The van der Waals surface area contributed by atoms with Crippen LogP contribution >= 0.6 is 0 Å². The molecule has 0 unspecified atom stereocenters. The highest BCUT2D eigenvalue weighted by molar-refractivity contribution is 5.79. The van der Waals surface area contributed by atoms with Crippen LogP contribution in [-0.4, -0.2) is 6.29 Å². The second-order valence-electron chi connectivity index (χ2n) is 5.69. The molecule has 0 fully saturated rings. The minimum Gasteiger partial charge on any atom is -0.298 e. The second-order valence-corrected chi connectivity index (χ2v) is 5.69. The molecule has 1 nitrogen and oxygen atoms in total. The lowest BCUT2D eigenvalue weighted by Gasteiger charge is -2.20. The van der Waals surface area contributed by atoms with Gasteiger partial charge in [0, 0.05) is 11.1 Å². The number of halogens is 1. The summed E-state index contributed by atoms with van der Waals surface area (Å²) in [4.78, 5) is 10.8. The lowest BCUT2D eigenvalue weighted by atomic mass is 9.85. The fourth-order valence-corrected chi connectivity index (χ4v) is 1.99. The number of carbonyl (C=O) groups is 1. The number of carbonyl (C=O) groups excluding carboxylic acids is 1. The van der Waals surface area contributed by atoms with Gasteiger partial charge in [-0.25, -0.2) is 4.39 Å². The molecule has 2 heteroatoms. The van der Waals surface area contributed by atoms with E-state index in [-0.39, 0.29) is 11.2 Å². The van der Waals surface area contributed by atoms with Gasteiger partial charge in [-0.2, -0.15) is 0 Å². The van der Waals surface area contributed by atoms with Crippen LogP contribution in [0.4, 0.5) is 4.39 Å². The van der Waals surface area contributed by atoms with E-state index in [4.69, 9.17) is 0 Å². The van der Waals surface area contributed by atoms with Crippen LogP contribution in [0.2, 0.25) is 0 Å². The highest BCUT2D eigenvalue weighted by atomic mass is 19.1. The van der Waals surface area contributed by atoms with Crippen molar-refractivity contribution in [3.05, 3.63) is 59.4 Å². The highest BCUT2D eigenvalue weighted by Gasteiger charge is 2.15. The summed E-state index contributed by atoms with van der Waals surface area (Å²) in [7, 11) is 0. The molecule has 2 rings (SSSR count). The quantitative estimate of drug-likeness (QED) is 0.717. The normalized spacial score (nSPS) is 11.4. The minimum atomic E-state index is -0.309. The maximum atomic E-state index is 13.9. The Kier molecular flexibility index (Phi) is 3.52. The maximum absolute atomic E-state index is 13.9. The molecule has 0 saturated heterocycles. The molecule has 98 valence electrons.